The minimum absolute atomic E-state index is 0.0484. The maximum Gasteiger partial charge on any atom is 0.263 e. The fourth-order valence-corrected chi connectivity index (χ4v) is 4.93. The molecule has 1 fully saturated rings. The lowest BCUT2D eigenvalue weighted by molar-refractivity contribution is -0.134. The van der Waals surface area contributed by atoms with Gasteiger partial charge in [0.05, 0.1) is 4.90 Å². The first-order valence-electron chi connectivity index (χ1n) is 9.17. The van der Waals surface area contributed by atoms with E-state index in [2.05, 4.69) is 10.3 Å². The Morgan fingerprint density at radius 2 is 2.07 bits per heavy atom. The lowest BCUT2D eigenvalue weighted by Gasteiger charge is -2.37. The lowest BCUT2D eigenvalue weighted by Crippen LogP contribution is -2.63. The summed E-state index contributed by atoms with van der Waals surface area (Å²) in [5.74, 6) is -0.259. The second-order valence-electron chi connectivity index (χ2n) is 6.79. The van der Waals surface area contributed by atoms with Crippen molar-refractivity contribution in [2.45, 2.75) is 37.4 Å². The third-order valence-corrected chi connectivity index (χ3v) is 6.80. The first-order chi connectivity index (χ1) is 13.8. The van der Waals surface area contributed by atoms with E-state index >= 15 is 0 Å². The maximum atomic E-state index is 13.1. The van der Waals surface area contributed by atoms with Gasteiger partial charge in [-0.25, -0.2) is 13.9 Å². The van der Waals surface area contributed by atoms with Crippen LogP contribution >= 0.6 is 0 Å². The van der Waals surface area contributed by atoms with Crippen LogP contribution in [0.3, 0.4) is 0 Å². The SMILES string of the molecule is Cc1ncccc1COc1ccc(S(=O)(=O)N2CCNC(C)C2C(=O)NO)cc1. The summed E-state index contributed by atoms with van der Waals surface area (Å²) in [7, 11) is -3.93. The van der Waals surface area contributed by atoms with Gasteiger partial charge in [-0.2, -0.15) is 4.31 Å². The highest BCUT2D eigenvalue weighted by Crippen LogP contribution is 2.24. The normalized spacial score (nSPS) is 20.2. The predicted molar refractivity (Wildman–Crippen MR) is 105 cm³/mol. The molecule has 0 spiro atoms. The van der Waals surface area contributed by atoms with Crippen molar-refractivity contribution in [1.82, 2.24) is 20.1 Å². The monoisotopic (exact) mass is 420 g/mol. The van der Waals surface area contributed by atoms with Crippen molar-refractivity contribution in [3.63, 3.8) is 0 Å². The number of hydrogen-bond donors (Lipinski definition) is 3. The molecule has 156 valence electrons. The summed E-state index contributed by atoms with van der Waals surface area (Å²) < 4.78 is 33.0. The molecule has 1 aliphatic heterocycles. The van der Waals surface area contributed by atoms with Crippen molar-refractivity contribution in [2.24, 2.45) is 0 Å². The van der Waals surface area contributed by atoms with Crippen LogP contribution in [0, 0.1) is 6.92 Å². The van der Waals surface area contributed by atoms with Gasteiger partial charge in [0.15, 0.2) is 0 Å². The molecular formula is C19H24N4O5S. The van der Waals surface area contributed by atoms with E-state index in [1.807, 2.05) is 19.1 Å². The van der Waals surface area contributed by atoms with E-state index in [1.165, 1.54) is 12.1 Å². The molecule has 9 nitrogen and oxygen atoms in total. The fraction of sp³-hybridized carbons (Fsp3) is 0.368. The smallest absolute Gasteiger partial charge is 0.263 e. The Morgan fingerprint density at radius 1 is 1.34 bits per heavy atom. The molecule has 1 saturated heterocycles. The summed E-state index contributed by atoms with van der Waals surface area (Å²) in [6.07, 6.45) is 1.71. The van der Waals surface area contributed by atoms with E-state index in [1.54, 1.807) is 30.7 Å². The van der Waals surface area contributed by atoms with E-state index in [0.717, 1.165) is 15.6 Å². The molecule has 1 aromatic heterocycles. The van der Waals surface area contributed by atoms with Gasteiger partial charge in [0.25, 0.3) is 5.91 Å². The summed E-state index contributed by atoms with van der Waals surface area (Å²) in [4.78, 5) is 16.3. The Hall–Kier alpha value is -2.53. The summed E-state index contributed by atoms with van der Waals surface area (Å²) >= 11 is 0. The van der Waals surface area contributed by atoms with E-state index in [4.69, 9.17) is 9.94 Å². The van der Waals surface area contributed by atoms with Gasteiger partial charge < -0.3 is 10.1 Å². The highest BCUT2D eigenvalue weighted by atomic mass is 32.2. The molecule has 29 heavy (non-hydrogen) atoms. The van der Waals surface area contributed by atoms with Gasteiger partial charge in [-0.1, -0.05) is 6.07 Å². The molecule has 2 atom stereocenters. The summed E-state index contributed by atoms with van der Waals surface area (Å²) in [5, 5.41) is 12.0. The van der Waals surface area contributed by atoms with Crippen LogP contribution < -0.4 is 15.5 Å². The van der Waals surface area contributed by atoms with Crippen molar-refractivity contribution in [1.29, 1.82) is 0 Å². The predicted octanol–water partition coefficient (Wildman–Crippen LogP) is 0.825. The first kappa shape index (κ1) is 21.2. The molecule has 10 heteroatoms. The quantitative estimate of drug-likeness (QED) is 0.467. The number of nitrogens with zero attached hydrogens (tertiary/aromatic N) is 2. The van der Waals surface area contributed by atoms with Crippen LogP contribution in [0.1, 0.15) is 18.2 Å². The van der Waals surface area contributed by atoms with Crippen LogP contribution in [0.15, 0.2) is 47.5 Å². The second-order valence-corrected chi connectivity index (χ2v) is 8.68. The van der Waals surface area contributed by atoms with Crippen molar-refractivity contribution in [3.05, 3.63) is 53.9 Å². The number of rotatable bonds is 6. The van der Waals surface area contributed by atoms with Crippen molar-refractivity contribution >= 4 is 15.9 Å². The molecule has 2 unspecified atom stereocenters. The second kappa shape index (κ2) is 8.87. The molecule has 1 aromatic carbocycles. The van der Waals surface area contributed by atoms with Crippen LogP contribution in [0.5, 0.6) is 5.75 Å². The maximum absolute atomic E-state index is 13.1. The number of pyridine rings is 1. The van der Waals surface area contributed by atoms with Crippen LogP contribution in [-0.4, -0.2) is 54.0 Å². The van der Waals surface area contributed by atoms with E-state index < -0.39 is 28.0 Å². The largest absolute Gasteiger partial charge is 0.489 e. The number of aromatic nitrogens is 1. The zero-order chi connectivity index (χ0) is 21.0. The average Bonchev–Trinajstić information content (AvgIpc) is 2.72. The van der Waals surface area contributed by atoms with Gasteiger partial charge in [0.1, 0.15) is 18.4 Å². The summed E-state index contributed by atoms with van der Waals surface area (Å²) in [6, 6.07) is 8.28. The van der Waals surface area contributed by atoms with Gasteiger partial charge in [-0.05, 0) is 44.2 Å². The number of sulfonamides is 1. The zero-order valence-corrected chi connectivity index (χ0v) is 17.0. The van der Waals surface area contributed by atoms with E-state index in [0.29, 0.717) is 18.9 Å². The van der Waals surface area contributed by atoms with Gasteiger partial charge >= 0.3 is 0 Å². The Labute approximate surface area is 169 Å². The van der Waals surface area contributed by atoms with Gasteiger partial charge in [0.2, 0.25) is 10.0 Å². The van der Waals surface area contributed by atoms with Gasteiger partial charge in [-0.3, -0.25) is 15.0 Å². The van der Waals surface area contributed by atoms with Gasteiger partial charge in [-0.15, -0.1) is 0 Å². The number of amides is 1. The number of nitrogens with one attached hydrogen (secondary N) is 2. The molecule has 1 aliphatic rings. The molecule has 0 bridgehead atoms. The third-order valence-electron chi connectivity index (χ3n) is 4.90. The number of benzene rings is 1. The number of piperazine rings is 1. The lowest BCUT2D eigenvalue weighted by atomic mass is 10.1. The number of hydroxylamine groups is 1. The molecule has 0 saturated carbocycles. The number of carbonyl (C=O) groups excluding carboxylic acids is 1. The fourth-order valence-electron chi connectivity index (χ4n) is 3.27. The van der Waals surface area contributed by atoms with Crippen molar-refractivity contribution in [3.8, 4) is 5.75 Å². The number of carbonyl (C=O) groups is 1. The number of hydrogen-bond acceptors (Lipinski definition) is 7. The van der Waals surface area contributed by atoms with Gasteiger partial charge in [0, 0.05) is 36.6 Å². The molecule has 2 heterocycles. The molecule has 0 radical (unpaired) electrons. The van der Waals surface area contributed by atoms with Crippen LogP contribution in [-0.2, 0) is 21.4 Å². The Kier molecular flexibility index (Phi) is 6.48. The Bertz CT molecular complexity index is 965. The Balaban J connectivity index is 1.77. The highest BCUT2D eigenvalue weighted by molar-refractivity contribution is 7.89. The van der Waals surface area contributed by atoms with E-state index in [-0.39, 0.29) is 11.4 Å². The number of aryl methyl sites for hydroxylation is 1. The highest BCUT2D eigenvalue weighted by Gasteiger charge is 2.41. The minimum Gasteiger partial charge on any atom is -0.489 e. The van der Waals surface area contributed by atoms with Crippen LogP contribution in [0.4, 0.5) is 0 Å². The Morgan fingerprint density at radius 3 is 2.72 bits per heavy atom. The standard InChI is InChI=1S/C19H24N4O5S/c1-13-15(4-3-9-20-13)12-28-16-5-7-17(8-6-16)29(26,27)23-11-10-21-14(2)18(23)19(24)22-25/h3-9,14,18,21,25H,10-12H2,1-2H3,(H,22,24). The zero-order valence-electron chi connectivity index (χ0n) is 16.2. The summed E-state index contributed by atoms with van der Waals surface area (Å²) in [5.41, 5.74) is 3.36. The number of ether oxygens (including phenoxy) is 1. The first-order valence-corrected chi connectivity index (χ1v) is 10.6. The van der Waals surface area contributed by atoms with Crippen molar-refractivity contribution < 1.29 is 23.2 Å². The molecule has 3 rings (SSSR count). The molecule has 0 aliphatic carbocycles. The molecule has 3 N–H and O–H groups in total. The average molecular weight is 420 g/mol. The topological polar surface area (TPSA) is 121 Å². The van der Waals surface area contributed by atoms with E-state index in [9.17, 15) is 13.2 Å². The molecule has 2 aromatic rings. The molecular weight excluding hydrogens is 396 g/mol. The molecule has 1 amide bonds. The minimum atomic E-state index is -3.93. The van der Waals surface area contributed by atoms with Crippen LogP contribution in [0.2, 0.25) is 0 Å². The third kappa shape index (κ3) is 4.56. The summed E-state index contributed by atoms with van der Waals surface area (Å²) in [6.45, 7) is 4.42. The van der Waals surface area contributed by atoms with Crippen molar-refractivity contribution in [2.75, 3.05) is 13.1 Å². The van der Waals surface area contributed by atoms with Crippen LogP contribution in [0.25, 0.3) is 0 Å².